The van der Waals surface area contributed by atoms with E-state index in [9.17, 15) is 9.59 Å². The molecule has 0 aromatic carbocycles. The third kappa shape index (κ3) is 2.29. The van der Waals surface area contributed by atoms with Crippen LogP contribution in [0, 0.1) is 0 Å². The number of pyridine rings is 1. The molecule has 1 aromatic heterocycles. The fourth-order valence-corrected chi connectivity index (χ4v) is 1.44. The van der Waals surface area contributed by atoms with Crippen molar-refractivity contribution >= 4 is 33.5 Å². The molecule has 5 nitrogen and oxygen atoms in total. The van der Waals surface area contributed by atoms with Crippen LogP contribution in [0.25, 0.3) is 0 Å². The zero-order valence-corrected chi connectivity index (χ0v) is 8.83. The van der Waals surface area contributed by atoms with E-state index in [1.165, 1.54) is 19.3 Å². The Bertz CT molecular complexity index is 392. The number of nitrogens with one attached hydrogen (secondary N) is 1. The Morgan fingerprint density at radius 1 is 1.50 bits per heavy atom. The summed E-state index contributed by atoms with van der Waals surface area (Å²) in [5.74, 6) is -1.46. The molecule has 6 heteroatoms. The van der Waals surface area contributed by atoms with Crippen molar-refractivity contribution in [2.75, 3.05) is 5.32 Å². The summed E-state index contributed by atoms with van der Waals surface area (Å²) in [5.41, 5.74) is 0.176. The second-order valence-corrected chi connectivity index (χ2v) is 3.38. The van der Waals surface area contributed by atoms with E-state index in [4.69, 9.17) is 5.11 Å². The molecule has 74 valence electrons. The molecular weight excluding hydrogens is 252 g/mol. The van der Waals surface area contributed by atoms with Gasteiger partial charge in [-0.25, -0.2) is 4.79 Å². The lowest BCUT2D eigenvalue weighted by atomic mass is 10.2. The highest BCUT2D eigenvalue weighted by molar-refractivity contribution is 9.10. The third-order valence-electron chi connectivity index (χ3n) is 1.42. The lowest BCUT2D eigenvalue weighted by molar-refractivity contribution is -0.114. The molecular formula is C8H7BrN2O3. The van der Waals surface area contributed by atoms with Gasteiger partial charge in [0.2, 0.25) is 5.91 Å². The first-order valence-electron chi connectivity index (χ1n) is 3.66. The van der Waals surface area contributed by atoms with Gasteiger partial charge in [0.25, 0.3) is 0 Å². The Balaban J connectivity index is 3.21. The SMILES string of the molecule is CC(=O)Nc1cncc(Br)c1C(=O)O. The Morgan fingerprint density at radius 2 is 2.14 bits per heavy atom. The first-order chi connectivity index (χ1) is 6.52. The number of carboxylic acid groups (broad SMARTS) is 1. The molecule has 2 N–H and O–H groups in total. The van der Waals surface area contributed by atoms with Gasteiger partial charge in [-0.15, -0.1) is 0 Å². The summed E-state index contributed by atoms with van der Waals surface area (Å²) in [7, 11) is 0. The summed E-state index contributed by atoms with van der Waals surface area (Å²) >= 11 is 3.04. The average molecular weight is 259 g/mol. The summed E-state index contributed by atoms with van der Waals surface area (Å²) in [6, 6.07) is 0. The van der Waals surface area contributed by atoms with Crippen LogP contribution < -0.4 is 5.32 Å². The Kier molecular flexibility index (Phi) is 3.19. The Hall–Kier alpha value is -1.43. The molecule has 1 amide bonds. The highest BCUT2D eigenvalue weighted by atomic mass is 79.9. The number of amides is 1. The van der Waals surface area contributed by atoms with Crippen LogP contribution in [-0.4, -0.2) is 22.0 Å². The predicted octanol–water partition coefficient (Wildman–Crippen LogP) is 1.50. The highest BCUT2D eigenvalue weighted by Crippen LogP contribution is 2.23. The minimum Gasteiger partial charge on any atom is -0.478 e. The number of halogens is 1. The van der Waals surface area contributed by atoms with E-state index in [-0.39, 0.29) is 17.2 Å². The summed E-state index contributed by atoms with van der Waals surface area (Å²) < 4.78 is 0.330. The van der Waals surface area contributed by atoms with Gasteiger partial charge in [0.1, 0.15) is 5.56 Å². The van der Waals surface area contributed by atoms with E-state index in [1.807, 2.05) is 0 Å². The van der Waals surface area contributed by atoms with Crippen molar-refractivity contribution in [1.29, 1.82) is 0 Å². The maximum Gasteiger partial charge on any atom is 0.339 e. The normalized spacial score (nSPS) is 9.57. The average Bonchev–Trinajstić information content (AvgIpc) is 2.01. The van der Waals surface area contributed by atoms with Crippen LogP contribution in [0.15, 0.2) is 16.9 Å². The second kappa shape index (κ2) is 4.19. The summed E-state index contributed by atoms with van der Waals surface area (Å²) in [6.45, 7) is 1.30. The van der Waals surface area contributed by atoms with Gasteiger partial charge in [-0.3, -0.25) is 9.78 Å². The van der Waals surface area contributed by atoms with Crippen LogP contribution in [0.2, 0.25) is 0 Å². The van der Waals surface area contributed by atoms with Gasteiger partial charge >= 0.3 is 5.97 Å². The number of anilines is 1. The van der Waals surface area contributed by atoms with Crippen molar-refractivity contribution < 1.29 is 14.7 Å². The molecule has 0 saturated heterocycles. The number of hydrogen-bond acceptors (Lipinski definition) is 3. The molecule has 0 radical (unpaired) electrons. The van der Waals surface area contributed by atoms with E-state index < -0.39 is 5.97 Å². The van der Waals surface area contributed by atoms with Crippen molar-refractivity contribution in [2.45, 2.75) is 6.92 Å². The van der Waals surface area contributed by atoms with Crippen LogP contribution in [0.1, 0.15) is 17.3 Å². The van der Waals surface area contributed by atoms with Crippen LogP contribution in [0.5, 0.6) is 0 Å². The summed E-state index contributed by atoms with van der Waals surface area (Å²) in [6.07, 6.45) is 2.64. The number of carboxylic acids is 1. The maximum absolute atomic E-state index is 10.8. The molecule has 0 atom stereocenters. The first-order valence-corrected chi connectivity index (χ1v) is 4.46. The highest BCUT2D eigenvalue weighted by Gasteiger charge is 2.15. The van der Waals surface area contributed by atoms with Crippen molar-refractivity contribution in [2.24, 2.45) is 0 Å². The van der Waals surface area contributed by atoms with Gasteiger partial charge in [-0.2, -0.15) is 0 Å². The van der Waals surface area contributed by atoms with E-state index >= 15 is 0 Å². The van der Waals surface area contributed by atoms with Crippen molar-refractivity contribution in [3.8, 4) is 0 Å². The van der Waals surface area contributed by atoms with E-state index in [2.05, 4.69) is 26.2 Å². The Morgan fingerprint density at radius 3 is 2.64 bits per heavy atom. The predicted molar refractivity (Wildman–Crippen MR) is 53.2 cm³/mol. The van der Waals surface area contributed by atoms with Crippen molar-refractivity contribution in [3.63, 3.8) is 0 Å². The molecule has 0 bridgehead atoms. The summed E-state index contributed by atoms with van der Waals surface area (Å²) in [5, 5.41) is 11.2. The Labute approximate surface area is 88.3 Å². The lowest BCUT2D eigenvalue weighted by Crippen LogP contribution is -2.11. The van der Waals surface area contributed by atoms with Gasteiger partial charge in [0.05, 0.1) is 16.4 Å². The molecule has 0 saturated carbocycles. The van der Waals surface area contributed by atoms with Gasteiger partial charge in [-0.1, -0.05) is 0 Å². The van der Waals surface area contributed by atoms with Crippen molar-refractivity contribution in [1.82, 2.24) is 4.98 Å². The molecule has 0 aliphatic heterocycles. The topological polar surface area (TPSA) is 79.3 Å². The minimum absolute atomic E-state index is 0.00444. The lowest BCUT2D eigenvalue weighted by Gasteiger charge is -2.06. The quantitative estimate of drug-likeness (QED) is 0.843. The number of aromatic nitrogens is 1. The number of carbonyl (C=O) groups excluding carboxylic acids is 1. The number of nitrogens with zero attached hydrogens (tertiary/aromatic N) is 1. The third-order valence-corrected chi connectivity index (χ3v) is 2.03. The summed E-state index contributed by atoms with van der Waals surface area (Å²) in [4.78, 5) is 25.3. The fourth-order valence-electron chi connectivity index (χ4n) is 0.937. The molecule has 1 aromatic rings. The van der Waals surface area contributed by atoms with Crippen LogP contribution >= 0.6 is 15.9 Å². The van der Waals surface area contributed by atoms with E-state index in [0.29, 0.717) is 4.47 Å². The minimum atomic E-state index is -1.12. The van der Waals surface area contributed by atoms with E-state index in [1.54, 1.807) is 0 Å². The molecule has 0 unspecified atom stereocenters. The van der Waals surface area contributed by atoms with Crippen molar-refractivity contribution in [3.05, 3.63) is 22.4 Å². The zero-order valence-electron chi connectivity index (χ0n) is 7.24. The van der Waals surface area contributed by atoms with Crippen LogP contribution in [-0.2, 0) is 4.79 Å². The maximum atomic E-state index is 10.8. The molecule has 14 heavy (non-hydrogen) atoms. The number of hydrogen-bond donors (Lipinski definition) is 2. The van der Waals surface area contributed by atoms with E-state index in [0.717, 1.165) is 0 Å². The molecule has 0 aliphatic carbocycles. The van der Waals surface area contributed by atoms with Gasteiger partial charge in [0, 0.05) is 13.1 Å². The molecule has 1 rings (SSSR count). The molecule has 0 spiro atoms. The smallest absolute Gasteiger partial charge is 0.339 e. The van der Waals surface area contributed by atoms with Gasteiger partial charge in [-0.05, 0) is 15.9 Å². The van der Waals surface area contributed by atoms with Crippen LogP contribution in [0.4, 0.5) is 5.69 Å². The number of aromatic carboxylic acids is 1. The van der Waals surface area contributed by atoms with Gasteiger partial charge < -0.3 is 10.4 Å². The van der Waals surface area contributed by atoms with Gasteiger partial charge in [0.15, 0.2) is 0 Å². The van der Waals surface area contributed by atoms with Crippen LogP contribution in [0.3, 0.4) is 0 Å². The molecule has 0 fully saturated rings. The fraction of sp³-hybridized carbons (Fsp3) is 0.125. The molecule has 0 aliphatic rings. The zero-order chi connectivity index (χ0) is 10.7. The second-order valence-electron chi connectivity index (χ2n) is 2.53. The standard InChI is InChI=1S/C8H7BrN2O3/c1-4(12)11-6-3-10-2-5(9)7(6)8(13)14/h2-3H,1H3,(H,11,12)(H,13,14). The largest absolute Gasteiger partial charge is 0.478 e. The monoisotopic (exact) mass is 258 g/mol. The number of rotatable bonds is 2. The number of carbonyl (C=O) groups is 2. The molecule has 1 heterocycles. The first kappa shape index (κ1) is 10.6.